The van der Waals surface area contributed by atoms with Crippen LogP contribution >= 0.6 is 0 Å². The molecule has 5 heteroatoms. The van der Waals surface area contributed by atoms with Crippen molar-refractivity contribution in [2.75, 3.05) is 0 Å². The monoisotopic (exact) mass is 398 g/mol. The summed E-state index contributed by atoms with van der Waals surface area (Å²) in [5.41, 5.74) is 3.74. The molecule has 152 valence electrons. The molecule has 5 nitrogen and oxygen atoms in total. The molecule has 1 aliphatic heterocycles. The van der Waals surface area contributed by atoms with E-state index in [0.717, 1.165) is 29.5 Å². The van der Waals surface area contributed by atoms with Gasteiger partial charge in [-0.25, -0.2) is 0 Å². The van der Waals surface area contributed by atoms with Gasteiger partial charge >= 0.3 is 0 Å². The molecule has 0 radical (unpaired) electrons. The van der Waals surface area contributed by atoms with Gasteiger partial charge in [-0.05, 0) is 54.0 Å². The highest BCUT2D eigenvalue weighted by Gasteiger charge is 2.38. The van der Waals surface area contributed by atoms with E-state index in [1.807, 2.05) is 36.4 Å². The zero-order valence-electron chi connectivity index (χ0n) is 17.0. The van der Waals surface area contributed by atoms with E-state index < -0.39 is 6.04 Å². The van der Waals surface area contributed by atoms with Crippen LogP contribution in [0.15, 0.2) is 48.5 Å². The maximum Gasteiger partial charge on any atom is 0.238 e. The van der Waals surface area contributed by atoms with Crippen molar-refractivity contribution >= 4 is 5.91 Å². The fourth-order valence-corrected chi connectivity index (χ4v) is 4.73. The third-order valence-corrected chi connectivity index (χ3v) is 6.39. The Kier molecular flexibility index (Phi) is 6.12. The van der Waals surface area contributed by atoms with E-state index in [2.05, 4.69) is 22.8 Å². The van der Waals surface area contributed by atoms with Crippen LogP contribution in [-0.2, 0) is 11.2 Å². The summed E-state index contributed by atoms with van der Waals surface area (Å²) >= 11 is 0. The fourth-order valence-electron chi connectivity index (χ4n) is 4.73. The number of hydrogen-bond acceptors (Lipinski definition) is 4. The van der Waals surface area contributed by atoms with Gasteiger partial charge in [0, 0.05) is 12.5 Å². The first-order valence-electron chi connectivity index (χ1n) is 10.7. The van der Waals surface area contributed by atoms with Crippen molar-refractivity contribution in [1.29, 1.82) is 10.5 Å². The minimum Gasteiger partial charge on any atom is -0.339 e. The average molecular weight is 399 g/mol. The lowest BCUT2D eigenvalue weighted by Gasteiger charge is -2.24. The molecule has 4 atom stereocenters. The maximum atomic E-state index is 12.7. The normalized spacial score (nSPS) is 23.6. The third-order valence-electron chi connectivity index (χ3n) is 6.39. The largest absolute Gasteiger partial charge is 0.339 e. The van der Waals surface area contributed by atoms with Gasteiger partial charge in [0.05, 0.1) is 23.7 Å². The van der Waals surface area contributed by atoms with Crippen LogP contribution < -0.4 is 10.6 Å². The van der Waals surface area contributed by atoms with Gasteiger partial charge in [-0.2, -0.15) is 10.5 Å². The van der Waals surface area contributed by atoms with Crippen LogP contribution in [0.4, 0.5) is 0 Å². The van der Waals surface area contributed by atoms with E-state index in [9.17, 15) is 10.1 Å². The lowest BCUT2D eigenvalue weighted by molar-refractivity contribution is -0.123. The number of fused-ring (bicyclic) bond motifs is 1. The second-order valence-corrected chi connectivity index (χ2v) is 8.39. The second kappa shape index (κ2) is 9.11. The molecule has 1 heterocycles. The Morgan fingerprint density at radius 3 is 2.33 bits per heavy atom. The number of nitrogens with zero attached hydrogens (tertiary/aromatic N) is 2. The highest BCUT2D eigenvalue weighted by Crippen LogP contribution is 2.33. The van der Waals surface area contributed by atoms with Crippen LogP contribution in [0.25, 0.3) is 11.1 Å². The number of nitrogens with one attached hydrogen (secondary N) is 2. The average Bonchev–Trinajstić information content (AvgIpc) is 3.24. The fraction of sp³-hybridized carbons (Fsp3) is 0.400. The van der Waals surface area contributed by atoms with Crippen LogP contribution in [0, 0.1) is 28.6 Å². The van der Waals surface area contributed by atoms with Crippen molar-refractivity contribution in [3.05, 3.63) is 59.7 Å². The molecule has 4 rings (SSSR count). The summed E-state index contributed by atoms with van der Waals surface area (Å²) in [4.78, 5) is 12.7. The predicted octanol–water partition coefficient (Wildman–Crippen LogP) is 3.70. The SMILES string of the molecule is N#Cc1ccc(-c2ccc(C[C@@H](C#N)NC(=O)[C@@H]3C[C@@H]4CCCC[C@@H]4N3)cc2)cc1. The van der Waals surface area contributed by atoms with Crippen molar-refractivity contribution in [3.63, 3.8) is 0 Å². The summed E-state index contributed by atoms with van der Waals surface area (Å²) in [5, 5.41) is 24.9. The summed E-state index contributed by atoms with van der Waals surface area (Å²) in [5.74, 6) is 0.551. The molecule has 2 aliphatic rings. The lowest BCUT2D eigenvalue weighted by Crippen LogP contribution is -2.47. The first-order valence-corrected chi connectivity index (χ1v) is 10.7. The Morgan fingerprint density at radius 1 is 1.03 bits per heavy atom. The summed E-state index contributed by atoms with van der Waals surface area (Å²) in [6, 6.07) is 19.6. The third kappa shape index (κ3) is 4.53. The number of amides is 1. The molecule has 2 N–H and O–H groups in total. The van der Waals surface area contributed by atoms with Crippen LogP contribution in [-0.4, -0.2) is 24.0 Å². The van der Waals surface area contributed by atoms with E-state index >= 15 is 0 Å². The predicted molar refractivity (Wildman–Crippen MR) is 115 cm³/mol. The van der Waals surface area contributed by atoms with Crippen molar-refractivity contribution < 1.29 is 4.79 Å². The van der Waals surface area contributed by atoms with Gasteiger partial charge in [0.1, 0.15) is 6.04 Å². The second-order valence-electron chi connectivity index (χ2n) is 8.39. The smallest absolute Gasteiger partial charge is 0.238 e. The molecule has 2 aromatic rings. The van der Waals surface area contributed by atoms with Crippen LogP contribution in [0.5, 0.6) is 0 Å². The van der Waals surface area contributed by atoms with Gasteiger partial charge in [-0.15, -0.1) is 0 Å². The molecular weight excluding hydrogens is 372 g/mol. The summed E-state index contributed by atoms with van der Waals surface area (Å²) in [6.07, 6.45) is 6.22. The summed E-state index contributed by atoms with van der Waals surface area (Å²) in [6.45, 7) is 0. The Bertz CT molecular complexity index is 954. The number of rotatable bonds is 5. The number of carbonyl (C=O) groups is 1. The summed E-state index contributed by atoms with van der Waals surface area (Å²) in [7, 11) is 0. The van der Waals surface area contributed by atoms with Gasteiger partial charge in [-0.1, -0.05) is 49.2 Å². The molecule has 0 aromatic heterocycles. The van der Waals surface area contributed by atoms with Crippen LogP contribution in [0.1, 0.15) is 43.2 Å². The molecule has 1 amide bonds. The van der Waals surface area contributed by atoms with Crippen LogP contribution in [0.2, 0.25) is 0 Å². The highest BCUT2D eigenvalue weighted by atomic mass is 16.2. The highest BCUT2D eigenvalue weighted by molar-refractivity contribution is 5.82. The van der Waals surface area contributed by atoms with E-state index in [1.165, 1.54) is 19.3 Å². The zero-order chi connectivity index (χ0) is 20.9. The van der Waals surface area contributed by atoms with Gasteiger partial charge in [0.25, 0.3) is 0 Å². The minimum absolute atomic E-state index is 0.0508. The zero-order valence-corrected chi connectivity index (χ0v) is 17.0. The number of nitriles is 2. The lowest BCUT2D eigenvalue weighted by atomic mass is 9.85. The minimum atomic E-state index is -0.539. The first-order chi connectivity index (χ1) is 14.7. The van der Waals surface area contributed by atoms with Crippen molar-refractivity contribution in [2.45, 2.75) is 56.7 Å². The number of carbonyl (C=O) groups excluding carboxylic acids is 1. The van der Waals surface area contributed by atoms with Gasteiger partial charge in [0.15, 0.2) is 0 Å². The topological polar surface area (TPSA) is 88.7 Å². The first kappa shape index (κ1) is 20.1. The van der Waals surface area contributed by atoms with Gasteiger partial charge in [0.2, 0.25) is 5.91 Å². The maximum absolute atomic E-state index is 12.7. The Labute approximate surface area is 177 Å². The van der Waals surface area contributed by atoms with E-state index in [4.69, 9.17) is 5.26 Å². The van der Waals surface area contributed by atoms with Gasteiger partial charge < -0.3 is 10.6 Å². The van der Waals surface area contributed by atoms with E-state index in [-0.39, 0.29) is 11.9 Å². The molecule has 0 unspecified atom stereocenters. The molecule has 2 fully saturated rings. The molecule has 1 saturated heterocycles. The standard InChI is InChI=1S/C25H26N4O/c26-15-18-7-11-20(12-8-18)19-9-5-17(6-10-19)13-22(16-27)28-25(30)24-14-21-3-1-2-4-23(21)29-24/h5-12,21-24,29H,1-4,13-14H2,(H,28,30)/t21-,22-,23-,24-/m0/s1. The molecule has 30 heavy (non-hydrogen) atoms. The quantitative estimate of drug-likeness (QED) is 0.804. The Balaban J connectivity index is 1.35. The molecule has 0 bridgehead atoms. The van der Waals surface area contributed by atoms with Crippen molar-refractivity contribution in [2.24, 2.45) is 5.92 Å². The summed E-state index contributed by atoms with van der Waals surface area (Å²) < 4.78 is 0. The van der Waals surface area contributed by atoms with Crippen LogP contribution in [0.3, 0.4) is 0 Å². The molecular formula is C25H26N4O. The Hall–Kier alpha value is -3.15. The number of benzene rings is 2. The van der Waals surface area contributed by atoms with E-state index in [1.54, 1.807) is 12.1 Å². The van der Waals surface area contributed by atoms with E-state index in [0.29, 0.717) is 23.9 Å². The number of hydrogen-bond donors (Lipinski definition) is 2. The van der Waals surface area contributed by atoms with Gasteiger partial charge in [-0.3, -0.25) is 4.79 Å². The Morgan fingerprint density at radius 2 is 1.70 bits per heavy atom. The van der Waals surface area contributed by atoms with Crippen molar-refractivity contribution in [1.82, 2.24) is 10.6 Å². The molecule has 1 saturated carbocycles. The van der Waals surface area contributed by atoms with Crippen molar-refractivity contribution in [3.8, 4) is 23.3 Å². The molecule has 2 aromatic carbocycles. The molecule has 0 spiro atoms. The molecule has 1 aliphatic carbocycles.